The molecular weight excluding hydrogens is 322 g/mol. The van der Waals surface area contributed by atoms with Gasteiger partial charge in [0, 0.05) is 12.1 Å². The molecule has 4 nitrogen and oxygen atoms in total. The first kappa shape index (κ1) is 15.6. The Hall–Kier alpha value is -0.780. The summed E-state index contributed by atoms with van der Waals surface area (Å²) in [7, 11) is 3.26. The predicted molar refractivity (Wildman–Crippen MR) is 82.4 cm³/mol. The highest BCUT2D eigenvalue weighted by Gasteiger charge is 2.32. The Morgan fingerprint density at radius 3 is 2.50 bits per heavy atom. The second-order valence-corrected chi connectivity index (χ2v) is 6.17. The van der Waals surface area contributed by atoms with Gasteiger partial charge in [0.1, 0.15) is 0 Å². The largest absolute Gasteiger partial charge is 0.493 e. The fourth-order valence-corrected chi connectivity index (χ4v) is 3.46. The molecule has 2 N–H and O–H groups in total. The number of nitrogens with one attached hydrogen (secondary N) is 1. The third kappa shape index (κ3) is 3.27. The molecule has 0 unspecified atom stereocenters. The van der Waals surface area contributed by atoms with Gasteiger partial charge in [0.15, 0.2) is 11.5 Å². The van der Waals surface area contributed by atoms with Crippen molar-refractivity contribution < 1.29 is 14.6 Å². The number of ether oxygens (including phenoxy) is 2. The molecule has 1 aromatic carbocycles. The maximum Gasteiger partial charge on any atom is 0.174 e. The summed E-state index contributed by atoms with van der Waals surface area (Å²) in [4.78, 5) is 0. The van der Waals surface area contributed by atoms with Gasteiger partial charge in [0.05, 0.1) is 25.3 Å². The molecule has 5 heteroatoms. The Morgan fingerprint density at radius 1 is 1.25 bits per heavy atom. The maximum atomic E-state index is 9.62. The number of rotatable bonds is 6. The van der Waals surface area contributed by atoms with Crippen LogP contribution in [-0.2, 0) is 6.54 Å². The minimum Gasteiger partial charge on any atom is -0.493 e. The number of hydrogen-bond donors (Lipinski definition) is 2. The number of halogens is 1. The Balaban J connectivity index is 2.11. The monoisotopic (exact) mass is 343 g/mol. The zero-order valence-electron chi connectivity index (χ0n) is 12.0. The van der Waals surface area contributed by atoms with Crippen molar-refractivity contribution in [1.82, 2.24) is 5.32 Å². The van der Waals surface area contributed by atoms with Crippen molar-refractivity contribution in [2.24, 2.45) is 0 Å². The molecule has 0 bridgehead atoms. The zero-order chi connectivity index (χ0) is 14.6. The number of aliphatic hydroxyl groups excluding tert-OH is 1. The summed E-state index contributed by atoms with van der Waals surface area (Å²) in [6.07, 6.45) is 4.45. The number of hydrogen-bond acceptors (Lipinski definition) is 4. The molecule has 0 saturated heterocycles. The standard InChI is InChI=1S/C15H22BrNO3/c1-19-13-8-11(7-12(16)14(13)20-2)9-17-15(10-18)5-3-4-6-15/h7-8,17-18H,3-6,9-10H2,1-2H3. The van der Waals surface area contributed by atoms with E-state index in [0.717, 1.165) is 22.9 Å². The van der Waals surface area contributed by atoms with Gasteiger partial charge in [-0.3, -0.25) is 0 Å². The van der Waals surface area contributed by atoms with Crippen molar-refractivity contribution >= 4 is 15.9 Å². The summed E-state index contributed by atoms with van der Waals surface area (Å²) in [5.74, 6) is 1.41. The lowest BCUT2D eigenvalue weighted by molar-refractivity contribution is 0.163. The van der Waals surface area contributed by atoms with Gasteiger partial charge in [0.2, 0.25) is 0 Å². The highest BCUT2D eigenvalue weighted by atomic mass is 79.9. The Kier molecular flexibility index (Phi) is 5.29. The van der Waals surface area contributed by atoms with E-state index in [4.69, 9.17) is 9.47 Å². The first-order valence-electron chi connectivity index (χ1n) is 6.90. The van der Waals surface area contributed by atoms with E-state index >= 15 is 0 Å². The average Bonchev–Trinajstić information content (AvgIpc) is 2.94. The van der Waals surface area contributed by atoms with E-state index < -0.39 is 0 Å². The fourth-order valence-electron chi connectivity index (χ4n) is 2.81. The lowest BCUT2D eigenvalue weighted by Crippen LogP contribution is -2.45. The molecule has 1 aliphatic carbocycles. The first-order valence-corrected chi connectivity index (χ1v) is 7.70. The average molecular weight is 344 g/mol. The van der Waals surface area contributed by atoms with E-state index in [-0.39, 0.29) is 12.1 Å². The third-order valence-electron chi connectivity index (χ3n) is 4.02. The normalized spacial score (nSPS) is 17.2. The minimum absolute atomic E-state index is 0.111. The smallest absolute Gasteiger partial charge is 0.174 e. The van der Waals surface area contributed by atoms with Crippen molar-refractivity contribution in [3.05, 3.63) is 22.2 Å². The van der Waals surface area contributed by atoms with E-state index in [1.54, 1.807) is 14.2 Å². The van der Waals surface area contributed by atoms with Crippen molar-refractivity contribution in [3.63, 3.8) is 0 Å². The van der Waals surface area contributed by atoms with Crippen LogP contribution in [0.3, 0.4) is 0 Å². The highest BCUT2D eigenvalue weighted by molar-refractivity contribution is 9.10. The molecule has 0 aliphatic heterocycles. The van der Waals surface area contributed by atoms with E-state index in [9.17, 15) is 5.11 Å². The van der Waals surface area contributed by atoms with Gasteiger partial charge < -0.3 is 19.9 Å². The second-order valence-electron chi connectivity index (χ2n) is 5.31. The maximum absolute atomic E-state index is 9.62. The van der Waals surface area contributed by atoms with Gasteiger partial charge in [-0.2, -0.15) is 0 Å². The molecule has 112 valence electrons. The molecule has 1 aliphatic rings. The summed E-state index contributed by atoms with van der Waals surface area (Å²) in [6.45, 7) is 0.904. The van der Waals surface area contributed by atoms with Crippen LogP contribution < -0.4 is 14.8 Å². The number of aliphatic hydroxyl groups is 1. The van der Waals surface area contributed by atoms with Crippen LogP contribution in [0.25, 0.3) is 0 Å². The van der Waals surface area contributed by atoms with Gasteiger partial charge in [-0.15, -0.1) is 0 Å². The van der Waals surface area contributed by atoms with Crippen molar-refractivity contribution in [3.8, 4) is 11.5 Å². The molecular formula is C15H22BrNO3. The molecule has 0 aromatic heterocycles. The Labute approximate surface area is 128 Å². The van der Waals surface area contributed by atoms with Crippen LogP contribution >= 0.6 is 15.9 Å². The predicted octanol–water partition coefficient (Wildman–Crippen LogP) is 2.86. The Bertz CT molecular complexity index is 459. The van der Waals surface area contributed by atoms with Crippen LogP contribution in [0.4, 0.5) is 0 Å². The molecule has 0 amide bonds. The summed E-state index contributed by atoms with van der Waals surface area (Å²) in [5, 5.41) is 13.1. The fraction of sp³-hybridized carbons (Fsp3) is 0.600. The van der Waals surface area contributed by atoms with Gasteiger partial charge >= 0.3 is 0 Å². The van der Waals surface area contributed by atoms with Crippen molar-refractivity contribution in [2.45, 2.75) is 37.8 Å². The second kappa shape index (κ2) is 6.78. The third-order valence-corrected chi connectivity index (χ3v) is 4.61. The quantitative estimate of drug-likeness (QED) is 0.833. The van der Waals surface area contributed by atoms with Gasteiger partial charge in [-0.1, -0.05) is 12.8 Å². The van der Waals surface area contributed by atoms with Crippen LogP contribution in [-0.4, -0.2) is 31.5 Å². The van der Waals surface area contributed by atoms with Crippen LogP contribution in [0, 0.1) is 0 Å². The van der Waals surface area contributed by atoms with Crippen molar-refractivity contribution in [2.75, 3.05) is 20.8 Å². The summed E-state index contributed by atoms with van der Waals surface area (Å²) in [5.41, 5.74) is 0.994. The van der Waals surface area contributed by atoms with E-state index in [2.05, 4.69) is 21.2 Å². The number of benzene rings is 1. The highest BCUT2D eigenvalue weighted by Crippen LogP contribution is 2.36. The molecule has 1 fully saturated rings. The Morgan fingerprint density at radius 2 is 1.95 bits per heavy atom. The van der Waals surface area contributed by atoms with Crippen LogP contribution in [0.1, 0.15) is 31.2 Å². The van der Waals surface area contributed by atoms with Gasteiger partial charge in [0.25, 0.3) is 0 Å². The van der Waals surface area contributed by atoms with Gasteiger partial charge in [-0.05, 0) is 46.5 Å². The van der Waals surface area contributed by atoms with Crippen LogP contribution in [0.15, 0.2) is 16.6 Å². The molecule has 0 radical (unpaired) electrons. The molecule has 0 heterocycles. The van der Waals surface area contributed by atoms with Gasteiger partial charge in [-0.25, -0.2) is 0 Å². The minimum atomic E-state index is -0.111. The lowest BCUT2D eigenvalue weighted by atomic mass is 9.98. The zero-order valence-corrected chi connectivity index (χ0v) is 13.6. The molecule has 1 saturated carbocycles. The van der Waals surface area contributed by atoms with E-state index in [1.807, 2.05) is 12.1 Å². The molecule has 0 atom stereocenters. The van der Waals surface area contributed by atoms with Crippen LogP contribution in [0.5, 0.6) is 11.5 Å². The molecule has 0 spiro atoms. The summed E-state index contributed by atoms with van der Waals surface area (Å²) >= 11 is 3.50. The van der Waals surface area contributed by atoms with E-state index in [1.165, 1.54) is 12.8 Å². The van der Waals surface area contributed by atoms with Crippen molar-refractivity contribution in [1.29, 1.82) is 0 Å². The van der Waals surface area contributed by atoms with E-state index in [0.29, 0.717) is 18.0 Å². The lowest BCUT2D eigenvalue weighted by Gasteiger charge is -2.28. The summed E-state index contributed by atoms with van der Waals surface area (Å²) in [6, 6.07) is 3.99. The number of methoxy groups -OCH3 is 2. The summed E-state index contributed by atoms with van der Waals surface area (Å²) < 4.78 is 11.5. The molecule has 1 aromatic rings. The molecule has 2 rings (SSSR count). The first-order chi connectivity index (χ1) is 9.64. The topological polar surface area (TPSA) is 50.7 Å². The SMILES string of the molecule is COc1cc(CNC2(CO)CCCC2)cc(Br)c1OC. The van der Waals surface area contributed by atoms with Crippen LogP contribution in [0.2, 0.25) is 0 Å². The molecule has 20 heavy (non-hydrogen) atoms.